The van der Waals surface area contributed by atoms with Gasteiger partial charge in [0.05, 0.1) is 22.4 Å². The van der Waals surface area contributed by atoms with Gasteiger partial charge in [0, 0.05) is 5.25 Å². The number of aryl methyl sites for hydroxylation is 2. The van der Waals surface area contributed by atoms with E-state index in [1.165, 1.54) is 5.56 Å². The quantitative estimate of drug-likeness (QED) is 0.453. The van der Waals surface area contributed by atoms with Crippen molar-refractivity contribution in [3.63, 3.8) is 0 Å². The van der Waals surface area contributed by atoms with Gasteiger partial charge in [-0.05, 0) is 61.6 Å². The molecule has 4 rings (SSSR count). The molecule has 0 amide bonds. The highest BCUT2D eigenvalue weighted by Crippen LogP contribution is 2.45. The van der Waals surface area contributed by atoms with Crippen LogP contribution in [0.3, 0.4) is 0 Å². The van der Waals surface area contributed by atoms with Crippen molar-refractivity contribution >= 4 is 21.8 Å². The predicted octanol–water partition coefficient (Wildman–Crippen LogP) is 5.83. The molecule has 168 valence electrons. The molecule has 32 heavy (non-hydrogen) atoms. The van der Waals surface area contributed by atoms with Crippen molar-refractivity contribution in [2.75, 3.05) is 6.61 Å². The molecule has 1 N–H and O–H groups in total. The highest BCUT2D eigenvalue weighted by atomic mass is 32.2. The van der Waals surface area contributed by atoms with Gasteiger partial charge in [-0.3, -0.25) is 0 Å². The van der Waals surface area contributed by atoms with E-state index in [9.17, 15) is 8.42 Å². The first-order valence-electron chi connectivity index (χ1n) is 10.9. The highest BCUT2D eigenvalue weighted by Gasteiger charge is 2.36. The molecule has 0 aliphatic heterocycles. The second kappa shape index (κ2) is 9.69. The Hall–Kier alpha value is -2.28. The van der Waals surface area contributed by atoms with Crippen LogP contribution in [0.1, 0.15) is 41.6 Å². The number of benzene rings is 3. The SMILES string of the molecule is CCCOc1cccc(C)c1SC1Cc2ccccc2C1NS(=O)(=O)c1ccc(C)cc1. The molecular weight excluding hydrogens is 438 g/mol. The zero-order chi connectivity index (χ0) is 22.7. The summed E-state index contributed by atoms with van der Waals surface area (Å²) in [6.07, 6.45) is 1.73. The number of sulfonamides is 1. The fourth-order valence-electron chi connectivity index (χ4n) is 4.01. The Morgan fingerprint density at radius 1 is 1.00 bits per heavy atom. The maximum absolute atomic E-state index is 13.2. The van der Waals surface area contributed by atoms with Crippen molar-refractivity contribution in [3.05, 3.63) is 89.0 Å². The van der Waals surface area contributed by atoms with Crippen LogP contribution in [0.4, 0.5) is 0 Å². The summed E-state index contributed by atoms with van der Waals surface area (Å²) in [6.45, 7) is 6.77. The Bertz CT molecular complexity index is 1190. The maximum Gasteiger partial charge on any atom is 0.241 e. The lowest BCUT2D eigenvalue weighted by Gasteiger charge is -2.23. The summed E-state index contributed by atoms with van der Waals surface area (Å²) in [7, 11) is -3.66. The van der Waals surface area contributed by atoms with E-state index in [0.29, 0.717) is 11.5 Å². The summed E-state index contributed by atoms with van der Waals surface area (Å²) in [5.41, 5.74) is 4.40. The van der Waals surface area contributed by atoms with Crippen molar-refractivity contribution in [1.29, 1.82) is 0 Å². The lowest BCUT2D eigenvalue weighted by atomic mass is 10.1. The molecule has 3 aromatic rings. The topological polar surface area (TPSA) is 55.4 Å². The van der Waals surface area contributed by atoms with Crippen molar-refractivity contribution in [2.24, 2.45) is 0 Å². The minimum Gasteiger partial charge on any atom is -0.492 e. The first-order chi connectivity index (χ1) is 15.4. The van der Waals surface area contributed by atoms with Gasteiger partial charge in [-0.2, -0.15) is 0 Å². The highest BCUT2D eigenvalue weighted by molar-refractivity contribution is 8.00. The molecule has 2 unspecified atom stereocenters. The zero-order valence-electron chi connectivity index (χ0n) is 18.7. The van der Waals surface area contributed by atoms with Gasteiger partial charge in [-0.1, -0.05) is 61.0 Å². The molecule has 0 heterocycles. The molecule has 0 radical (unpaired) electrons. The van der Waals surface area contributed by atoms with Crippen LogP contribution in [0.5, 0.6) is 5.75 Å². The lowest BCUT2D eigenvalue weighted by Crippen LogP contribution is -2.32. The zero-order valence-corrected chi connectivity index (χ0v) is 20.3. The van der Waals surface area contributed by atoms with E-state index in [2.05, 4.69) is 30.7 Å². The third kappa shape index (κ3) is 4.87. The molecule has 4 nitrogen and oxygen atoms in total. The van der Waals surface area contributed by atoms with Crippen LogP contribution in [0.2, 0.25) is 0 Å². The van der Waals surface area contributed by atoms with Crippen LogP contribution in [0.15, 0.2) is 76.5 Å². The molecular formula is C26H29NO3S2. The van der Waals surface area contributed by atoms with Crippen LogP contribution in [-0.2, 0) is 16.4 Å². The summed E-state index contributed by atoms with van der Waals surface area (Å²) in [6, 6.07) is 20.9. The normalized spacial score (nSPS) is 17.8. The minimum atomic E-state index is -3.66. The van der Waals surface area contributed by atoms with E-state index in [4.69, 9.17) is 4.74 Å². The molecule has 0 aromatic heterocycles. The average molecular weight is 468 g/mol. The Morgan fingerprint density at radius 2 is 1.75 bits per heavy atom. The molecule has 2 atom stereocenters. The third-order valence-corrected chi connectivity index (χ3v) is 8.66. The Balaban J connectivity index is 1.66. The van der Waals surface area contributed by atoms with Gasteiger partial charge in [0.2, 0.25) is 10.0 Å². The van der Waals surface area contributed by atoms with Crippen LogP contribution in [0.25, 0.3) is 0 Å². The van der Waals surface area contributed by atoms with Crippen molar-refractivity contribution in [2.45, 2.75) is 54.7 Å². The van der Waals surface area contributed by atoms with Crippen molar-refractivity contribution < 1.29 is 13.2 Å². The average Bonchev–Trinajstić information content (AvgIpc) is 3.11. The van der Waals surface area contributed by atoms with Gasteiger partial charge in [0.15, 0.2) is 0 Å². The summed E-state index contributed by atoms with van der Waals surface area (Å²) in [4.78, 5) is 1.37. The van der Waals surface area contributed by atoms with Gasteiger partial charge >= 0.3 is 0 Å². The van der Waals surface area contributed by atoms with Crippen LogP contribution in [-0.4, -0.2) is 20.3 Å². The third-order valence-electron chi connectivity index (χ3n) is 5.70. The molecule has 0 saturated carbocycles. The molecule has 1 aliphatic rings. The summed E-state index contributed by atoms with van der Waals surface area (Å²) >= 11 is 1.71. The number of thioether (sulfide) groups is 1. The molecule has 6 heteroatoms. The second-order valence-electron chi connectivity index (χ2n) is 8.22. The van der Waals surface area contributed by atoms with Gasteiger partial charge in [0.1, 0.15) is 5.75 Å². The van der Waals surface area contributed by atoms with Crippen molar-refractivity contribution in [1.82, 2.24) is 4.72 Å². The van der Waals surface area contributed by atoms with E-state index in [-0.39, 0.29) is 11.3 Å². The van der Waals surface area contributed by atoms with Crippen molar-refractivity contribution in [3.8, 4) is 5.75 Å². The van der Waals surface area contributed by atoms with E-state index >= 15 is 0 Å². The minimum absolute atomic E-state index is 0.0256. The summed E-state index contributed by atoms with van der Waals surface area (Å²) in [5, 5.41) is 0.0256. The predicted molar refractivity (Wildman–Crippen MR) is 131 cm³/mol. The number of rotatable bonds is 8. The fourth-order valence-corrected chi connectivity index (χ4v) is 6.77. The molecule has 3 aromatic carbocycles. The first-order valence-corrected chi connectivity index (χ1v) is 13.3. The van der Waals surface area contributed by atoms with Crippen LogP contribution >= 0.6 is 11.8 Å². The van der Waals surface area contributed by atoms with Gasteiger partial charge in [-0.25, -0.2) is 13.1 Å². The van der Waals surface area contributed by atoms with Gasteiger partial charge in [-0.15, -0.1) is 11.8 Å². The second-order valence-corrected chi connectivity index (χ2v) is 11.2. The van der Waals surface area contributed by atoms with Crippen LogP contribution < -0.4 is 9.46 Å². The van der Waals surface area contributed by atoms with Gasteiger partial charge in [0.25, 0.3) is 0 Å². The Kier molecular flexibility index (Phi) is 6.93. The molecule has 0 saturated heterocycles. The van der Waals surface area contributed by atoms with E-state index in [0.717, 1.165) is 40.2 Å². The van der Waals surface area contributed by atoms with E-state index in [1.54, 1.807) is 23.9 Å². The molecule has 0 bridgehead atoms. The summed E-state index contributed by atoms with van der Waals surface area (Å²) in [5.74, 6) is 0.868. The largest absolute Gasteiger partial charge is 0.492 e. The van der Waals surface area contributed by atoms with E-state index < -0.39 is 10.0 Å². The standard InChI is InChI=1S/C26H29NO3S2/c1-4-16-30-23-11-7-8-19(3)26(23)31-24-17-20-9-5-6-10-22(20)25(24)27-32(28,29)21-14-12-18(2)13-15-21/h5-15,24-25,27H,4,16-17H2,1-3H3. The van der Waals surface area contributed by atoms with Crippen LogP contribution in [0, 0.1) is 13.8 Å². The lowest BCUT2D eigenvalue weighted by molar-refractivity contribution is 0.310. The number of hydrogen-bond acceptors (Lipinski definition) is 4. The number of nitrogens with one attached hydrogen (secondary N) is 1. The molecule has 0 fully saturated rings. The monoisotopic (exact) mass is 467 g/mol. The number of ether oxygens (including phenoxy) is 1. The number of hydrogen-bond donors (Lipinski definition) is 1. The Labute approximate surface area is 195 Å². The first kappa shape index (κ1) is 22.9. The van der Waals surface area contributed by atoms with Gasteiger partial charge < -0.3 is 4.74 Å². The smallest absolute Gasteiger partial charge is 0.241 e. The maximum atomic E-state index is 13.2. The Morgan fingerprint density at radius 3 is 2.50 bits per heavy atom. The van der Waals surface area contributed by atoms with E-state index in [1.807, 2.05) is 49.4 Å². The summed E-state index contributed by atoms with van der Waals surface area (Å²) < 4.78 is 35.5. The number of fused-ring (bicyclic) bond motifs is 1. The fraction of sp³-hybridized carbons (Fsp3) is 0.308. The molecule has 1 aliphatic carbocycles. The molecule has 0 spiro atoms.